The van der Waals surface area contributed by atoms with E-state index in [2.05, 4.69) is 16.8 Å². The molecule has 2 aromatic rings. The number of aromatic nitrogens is 1. The first kappa shape index (κ1) is 14.0. The van der Waals surface area contributed by atoms with Crippen LogP contribution in [0.2, 0.25) is 0 Å². The van der Waals surface area contributed by atoms with Crippen LogP contribution in [0.1, 0.15) is 17.5 Å². The summed E-state index contributed by atoms with van der Waals surface area (Å²) in [5.41, 5.74) is 1.27. The van der Waals surface area contributed by atoms with Gasteiger partial charge in [-0.25, -0.2) is 4.39 Å². The number of hydrogen-bond acceptors (Lipinski definition) is 3. The van der Waals surface area contributed by atoms with E-state index in [1.165, 1.54) is 6.07 Å². The van der Waals surface area contributed by atoms with Gasteiger partial charge in [0, 0.05) is 24.9 Å². The minimum atomic E-state index is -0.428. The molecule has 0 amide bonds. The van der Waals surface area contributed by atoms with Gasteiger partial charge in [0.05, 0.1) is 12.2 Å². The molecular formula is C16H14FNO2. The van der Waals surface area contributed by atoms with Gasteiger partial charge in [-0.05, 0) is 29.8 Å². The lowest BCUT2D eigenvalue weighted by molar-refractivity contribution is 0.304. The van der Waals surface area contributed by atoms with E-state index >= 15 is 0 Å². The molecule has 0 saturated heterocycles. The van der Waals surface area contributed by atoms with Crippen LogP contribution in [0.5, 0.6) is 5.75 Å². The van der Waals surface area contributed by atoms with Crippen molar-refractivity contribution < 1.29 is 14.2 Å². The molecule has 0 aliphatic heterocycles. The molecule has 1 aromatic heterocycles. The zero-order valence-corrected chi connectivity index (χ0v) is 10.8. The average Bonchev–Trinajstić information content (AvgIpc) is 2.48. The molecule has 1 N–H and O–H groups in total. The van der Waals surface area contributed by atoms with E-state index in [-0.39, 0.29) is 6.61 Å². The highest BCUT2D eigenvalue weighted by Gasteiger charge is 2.02. The van der Waals surface area contributed by atoms with Gasteiger partial charge in [0.2, 0.25) is 0 Å². The number of hydrogen-bond donors (Lipinski definition) is 1. The third-order valence-electron chi connectivity index (χ3n) is 2.56. The Kier molecular flexibility index (Phi) is 5.10. The van der Waals surface area contributed by atoms with Crippen molar-refractivity contribution in [1.29, 1.82) is 0 Å². The van der Waals surface area contributed by atoms with Gasteiger partial charge in [0.1, 0.15) is 18.2 Å². The first-order valence-electron chi connectivity index (χ1n) is 6.20. The lowest BCUT2D eigenvalue weighted by Crippen LogP contribution is -1.96. The number of benzene rings is 1. The van der Waals surface area contributed by atoms with Crippen LogP contribution in [0.3, 0.4) is 0 Å². The van der Waals surface area contributed by atoms with E-state index in [1.54, 1.807) is 24.5 Å². The molecule has 0 atom stereocenters. The second-order valence-electron chi connectivity index (χ2n) is 4.06. The van der Waals surface area contributed by atoms with Gasteiger partial charge in [-0.1, -0.05) is 11.8 Å². The van der Waals surface area contributed by atoms with Crippen molar-refractivity contribution in [3.8, 4) is 17.6 Å². The van der Waals surface area contributed by atoms with Gasteiger partial charge >= 0.3 is 0 Å². The fourth-order valence-corrected chi connectivity index (χ4v) is 1.55. The number of aliphatic hydroxyl groups is 1. The zero-order valence-electron chi connectivity index (χ0n) is 10.8. The first-order chi connectivity index (χ1) is 9.79. The van der Waals surface area contributed by atoms with E-state index in [4.69, 9.17) is 9.84 Å². The summed E-state index contributed by atoms with van der Waals surface area (Å²) in [6, 6.07) is 8.23. The second-order valence-corrected chi connectivity index (χ2v) is 4.06. The highest BCUT2D eigenvalue weighted by Crippen LogP contribution is 2.17. The van der Waals surface area contributed by atoms with E-state index in [9.17, 15) is 4.39 Å². The molecule has 3 nitrogen and oxygen atoms in total. The predicted octanol–water partition coefficient (Wildman–Crippen LogP) is 2.53. The van der Waals surface area contributed by atoms with Crippen LogP contribution in [0.4, 0.5) is 4.39 Å². The molecule has 102 valence electrons. The van der Waals surface area contributed by atoms with Gasteiger partial charge in [-0.2, -0.15) is 0 Å². The van der Waals surface area contributed by atoms with Crippen LogP contribution >= 0.6 is 0 Å². The molecule has 2 rings (SSSR count). The van der Waals surface area contributed by atoms with Crippen molar-refractivity contribution in [3.05, 3.63) is 59.7 Å². The summed E-state index contributed by atoms with van der Waals surface area (Å²) >= 11 is 0. The third-order valence-corrected chi connectivity index (χ3v) is 2.56. The Bertz CT molecular complexity index is 617. The minimum absolute atomic E-state index is 0.0260. The molecule has 1 heterocycles. The second kappa shape index (κ2) is 7.27. The molecule has 4 heteroatoms. The molecule has 1 aromatic carbocycles. The van der Waals surface area contributed by atoms with Crippen LogP contribution < -0.4 is 4.74 Å². The van der Waals surface area contributed by atoms with Crippen molar-refractivity contribution in [3.63, 3.8) is 0 Å². The first-order valence-corrected chi connectivity index (χ1v) is 6.20. The number of pyridine rings is 1. The van der Waals surface area contributed by atoms with Crippen LogP contribution in [0, 0.1) is 17.7 Å². The summed E-state index contributed by atoms with van der Waals surface area (Å²) < 4.78 is 19.2. The Morgan fingerprint density at radius 1 is 1.20 bits per heavy atom. The topological polar surface area (TPSA) is 42.4 Å². The number of nitrogens with zero attached hydrogens (tertiary/aromatic N) is 1. The van der Waals surface area contributed by atoms with Crippen molar-refractivity contribution >= 4 is 0 Å². The van der Waals surface area contributed by atoms with Crippen molar-refractivity contribution in [2.45, 2.75) is 13.0 Å². The number of aliphatic hydroxyl groups excluding tert-OH is 1. The largest absolute Gasteiger partial charge is 0.489 e. The molecule has 20 heavy (non-hydrogen) atoms. The lowest BCUT2D eigenvalue weighted by atomic mass is 10.2. The molecule has 0 fully saturated rings. The summed E-state index contributed by atoms with van der Waals surface area (Å²) in [6.07, 6.45) is 3.69. The van der Waals surface area contributed by atoms with Gasteiger partial charge in [0.15, 0.2) is 0 Å². The Labute approximate surface area is 117 Å². The number of ether oxygens (including phenoxy) is 1. The van der Waals surface area contributed by atoms with Crippen LogP contribution in [0.15, 0.2) is 42.7 Å². The number of rotatable bonds is 4. The quantitative estimate of drug-likeness (QED) is 0.869. The van der Waals surface area contributed by atoms with E-state index in [0.717, 1.165) is 5.56 Å². The molecule has 0 unspecified atom stereocenters. The van der Waals surface area contributed by atoms with E-state index in [0.29, 0.717) is 24.3 Å². The lowest BCUT2D eigenvalue weighted by Gasteiger charge is -2.06. The average molecular weight is 271 g/mol. The summed E-state index contributed by atoms with van der Waals surface area (Å²) in [4.78, 5) is 3.91. The Balaban J connectivity index is 2.01. The number of halogens is 1. The van der Waals surface area contributed by atoms with Crippen LogP contribution in [-0.2, 0) is 6.61 Å². The standard InChI is InChI=1S/C16H14FNO2/c17-16-11-15(5-4-14(16)3-1-2-10-19)20-12-13-6-8-18-9-7-13/h4-9,11,19H,2,10,12H2. The molecular weight excluding hydrogens is 257 g/mol. The molecule has 0 saturated carbocycles. The molecule has 0 radical (unpaired) electrons. The minimum Gasteiger partial charge on any atom is -0.489 e. The van der Waals surface area contributed by atoms with Gasteiger partial charge < -0.3 is 9.84 Å². The molecule has 0 bridgehead atoms. The van der Waals surface area contributed by atoms with E-state index < -0.39 is 5.82 Å². The molecule has 0 aliphatic rings. The van der Waals surface area contributed by atoms with Gasteiger partial charge in [-0.15, -0.1) is 0 Å². The predicted molar refractivity (Wildman–Crippen MR) is 73.5 cm³/mol. The summed E-state index contributed by atoms with van der Waals surface area (Å²) in [7, 11) is 0. The van der Waals surface area contributed by atoms with Gasteiger partial charge in [0.25, 0.3) is 0 Å². The maximum atomic E-state index is 13.7. The smallest absolute Gasteiger partial charge is 0.142 e. The highest BCUT2D eigenvalue weighted by atomic mass is 19.1. The van der Waals surface area contributed by atoms with Crippen LogP contribution in [0.25, 0.3) is 0 Å². The normalized spacial score (nSPS) is 9.70. The van der Waals surface area contributed by atoms with Crippen molar-refractivity contribution in [1.82, 2.24) is 4.98 Å². The Morgan fingerprint density at radius 2 is 2.00 bits per heavy atom. The highest BCUT2D eigenvalue weighted by molar-refractivity contribution is 5.39. The monoisotopic (exact) mass is 271 g/mol. The summed E-state index contributed by atoms with van der Waals surface area (Å²) in [5.74, 6) is 5.37. The molecule has 0 aliphatic carbocycles. The maximum absolute atomic E-state index is 13.7. The zero-order chi connectivity index (χ0) is 14.2. The van der Waals surface area contributed by atoms with Crippen LogP contribution in [-0.4, -0.2) is 16.7 Å². The van der Waals surface area contributed by atoms with Crippen molar-refractivity contribution in [2.75, 3.05) is 6.61 Å². The SMILES string of the molecule is OCCC#Cc1ccc(OCc2ccncc2)cc1F. The Morgan fingerprint density at radius 3 is 2.70 bits per heavy atom. The fourth-order valence-electron chi connectivity index (χ4n) is 1.55. The summed E-state index contributed by atoms with van der Waals surface area (Å²) in [6.45, 7) is 0.333. The van der Waals surface area contributed by atoms with Crippen molar-refractivity contribution in [2.24, 2.45) is 0 Å². The van der Waals surface area contributed by atoms with E-state index in [1.807, 2.05) is 12.1 Å². The molecule has 0 spiro atoms. The summed E-state index contributed by atoms with van der Waals surface area (Å²) in [5, 5.41) is 8.62. The third kappa shape index (κ3) is 4.08. The fraction of sp³-hybridized carbons (Fsp3) is 0.188. The van der Waals surface area contributed by atoms with Gasteiger partial charge in [-0.3, -0.25) is 4.98 Å². The Hall–Kier alpha value is -2.38. The maximum Gasteiger partial charge on any atom is 0.142 e.